The molecule has 6 heteroatoms. The molecule has 0 aliphatic heterocycles. The van der Waals surface area contributed by atoms with Crippen LogP contribution < -0.4 is 10.6 Å². The van der Waals surface area contributed by atoms with E-state index < -0.39 is 0 Å². The highest BCUT2D eigenvalue weighted by molar-refractivity contribution is 5.90. The fourth-order valence-corrected chi connectivity index (χ4v) is 2.66. The van der Waals surface area contributed by atoms with Gasteiger partial charge in [-0.15, -0.1) is 0 Å². The Balaban J connectivity index is 1.65. The second-order valence-electron chi connectivity index (χ2n) is 5.52. The Morgan fingerprint density at radius 2 is 1.74 bits per heavy atom. The minimum Gasteiger partial charge on any atom is -0.459 e. The molecule has 1 saturated carbocycles. The molecule has 0 spiro atoms. The van der Waals surface area contributed by atoms with Gasteiger partial charge in [0.15, 0.2) is 11.6 Å². The molecular formula is C17H20N4O2. The number of hydrogen-bond donors (Lipinski definition) is 2. The molecule has 23 heavy (non-hydrogen) atoms. The summed E-state index contributed by atoms with van der Waals surface area (Å²) < 4.78 is 5.50. The molecule has 1 aromatic carbocycles. The Morgan fingerprint density at radius 3 is 2.39 bits per heavy atom. The maximum Gasteiger partial charge on any atom is 0.338 e. The van der Waals surface area contributed by atoms with Crippen LogP contribution in [0, 0.1) is 0 Å². The molecular weight excluding hydrogens is 292 g/mol. The first-order chi connectivity index (χ1) is 11.3. The average Bonchev–Trinajstić information content (AvgIpc) is 3.09. The predicted molar refractivity (Wildman–Crippen MR) is 89.0 cm³/mol. The molecule has 1 aliphatic rings. The molecule has 0 bridgehead atoms. The van der Waals surface area contributed by atoms with Crippen LogP contribution in [-0.2, 0) is 4.74 Å². The zero-order valence-corrected chi connectivity index (χ0v) is 13.1. The van der Waals surface area contributed by atoms with Crippen LogP contribution >= 0.6 is 0 Å². The van der Waals surface area contributed by atoms with Crippen LogP contribution in [0.3, 0.4) is 0 Å². The minimum absolute atomic E-state index is 0.0816. The first-order valence-electron chi connectivity index (χ1n) is 7.83. The number of esters is 1. The summed E-state index contributed by atoms with van der Waals surface area (Å²) in [5.41, 5.74) is 1.40. The van der Waals surface area contributed by atoms with Crippen LogP contribution in [0.2, 0.25) is 0 Å². The van der Waals surface area contributed by atoms with Gasteiger partial charge in [-0.1, -0.05) is 0 Å². The van der Waals surface area contributed by atoms with Crippen molar-refractivity contribution in [2.45, 2.75) is 31.8 Å². The van der Waals surface area contributed by atoms with Gasteiger partial charge in [-0.2, -0.15) is 0 Å². The molecule has 2 N–H and O–H groups in total. The van der Waals surface area contributed by atoms with Crippen LogP contribution in [0.15, 0.2) is 36.7 Å². The third-order valence-electron chi connectivity index (χ3n) is 3.89. The van der Waals surface area contributed by atoms with Gasteiger partial charge in [-0.25, -0.2) is 14.8 Å². The molecule has 1 aliphatic carbocycles. The second kappa shape index (κ2) is 7.09. The Labute approximate surface area is 135 Å². The topological polar surface area (TPSA) is 76.1 Å². The number of nitrogens with one attached hydrogen (secondary N) is 2. The highest BCUT2D eigenvalue weighted by Crippen LogP contribution is 2.23. The summed E-state index contributed by atoms with van der Waals surface area (Å²) in [4.78, 5) is 20.5. The van der Waals surface area contributed by atoms with E-state index in [9.17, 15) is 4.79 Å². The molecule has 1 fully saturated rings. The lowest BCUT2D eigenvalue weighted by Gasteiger charge is -2.12. The predicted octanol–water partition coefficient (Wildman–Crippen LogP) is 3.36. The van der Waals surface area contributed by atoms with Gasteiger partial charge in [0.1, 0.15) is 6.10 Å². The van der Waals surface area contributed by atoms with Crippen molar-refractivity contribution >= 4 is 23.3 Å². The van der Waals surface area contributed by atoms with Crippen molar-refractivity contribution < 1.29 is 9.53 Å². The number of hydrogen-bond acceptors (Lipinski definition) is 6. The molecule has 0 radical (unpaired) electrons. The summed E-state index contributed by atoms with van der Waals surface area (Å²) in [7, 11) is 1.79. The van der Waals surface area contributed by atoms with Crippen LogP contribution in [0.4, 0.5) is 17.3 Å². The van der Waals surface area contributed by atoms with Crippen LogP contribution in [0.5, 0.6) is 0 Å². The van der Waals surface area contributed by atoms with Gasteiger partial charge < -0.3 is 15.4 Å². The largest absolute Gasteiger partial charge is 0.459 e. The Kier molecular flexibility index (Phi) is 4.71. The number of carbonyl (C=O) groups excluding carboxylic acids is 1. The van der Waals surface area contributed by atoms with Crippen molar-refractivity contribution in [1.29, 1.82) is 0 Å². The van der Waals surface area contributed by atoms with Crippen molar-refractivity contribution in [3.63, 3.8) is 0 Å². The summed E-state index contributed by atoms with van der Waals surface area (Å²) in [5, 5.41) is 6.15. The molecule has 1 aromatic heterocycles. The van der Waals surface area contributed by atoms with E-state index in [1.165, 1.54) is 0 Å². The summed E-state index contributed by atoms with van der Waals surface area (Å²) in [6.45, 7) is 0. The van der Waals surface area contributed by atoms with Crippen LogP contribution in [0.1, 0.15) is 36.0 Å². The lowest BCUT2D eigenvalue weighted by Crippen LogP contribution is -2.14. The number of nitrogens with zero attached hydrogens (tertiary/aromatic N) is 2. The summed E-state index contributed by atoms with van der Waals surface area (Å²) >= 11 is 0. The first kappa shape index (κ1) is 15.3. The zero-order chi connectivity index (χ0) is 16.1. The number of ether oxygens (including phenoxy) is 1. The fraction of sp³-hybridized carbons (Fsp3) is 0.353. The van der Waals surface area contributed by atoms with E-state index in [-0.39, 0.29) is 12.1 Å². The fourth-order valence-electron chi connectivity index (χ4n) is 2.66. The minimum atomic E-state index is -0.251. The lowest BCUT2D eigenvalue weighted by molar-refractivity contribution is 0.0318. The molecule has 3 rings (SSSR count). The van der Waals surface area contributed by atoms with E-state index in [1.807, 2.05) is 12.1 Å². The van der Waals surface area contributed by atoms with Gasteiger partial charge in [0.25, 0.3) is 0 Å². The highest BCUT2D eigenvalue weighted by Gasteiger charge is 2.20. The van der Waals surface area contributed by atoms with Crippen molar-refractivity contribution in [1.82, 2.24) is 9.97 Å². The smallest absolute Gasteiger partial charge is 0.338 e. The van der Waals surface area contributed by atoms with Crippen molar-refractivity contribution in [2.75, 3.05) is 17.7 Å². The third kappa shape index (κ3) is 3.77. The van der Waals surface area contributed by atoms with Crippen LogP contribution in [-0.4, -0.2) is 29.1 Å². The second-order valence-corrected chi connectivity index (χ2v) is 5.52. The number of aromatic nitrogens is 2. The molecule has 1 heterocycles. The number of benzene rings is 1. The molecule has 6 nitrogen and oxygen atoms in total. The molecule has 2 aromatic rings. The summed E-state index contributed by atoms with van der Waals surface area (Å²) in [6, 6.07) is 7.18. The van der Waals surface area contributed by atoms with Crippen molar-refractivity contribution in [2.24, 2.45) is 0 Å². The van der Waals surface area contributed by atoms with E-state index in [1.54, 1.807) is 31.6 Å². The summed E-state index contributed by atoms with van der Waals surface area (Å²) in [5.74, 6) is 1.05. The third-order valence-corrected chi connectivity index (χ3v) is 3.89. The maximum atomic E-state index is 12.1. The van der Waals surface area contributed by atoms with E-state index in [2.05, 4.69) is 20.6 Å². The lowest BCUT2D eigenvalue weighted by atomic mass is 10.2. The van der Waals surface area contributed by atoms with E-state index in [0.717, 1.165) is 31.4 Å². The molecule has 0 amide bonds. The van der Waals surface area contributed by atoms with E-state index >= 15 is 0 Å². The standard InChI is InChI=1S/C17H20N4O2/c1-18-15-16(20-11-10-19-15)21-13-8-6-12(7-9-13)17(22)23-14-4-2-3-5-14/h6-11,14H,2-5H2,1H3,(H,18,19)(H,20,21). The molecule has 0 atom stereocenters. The van der Waals surface area contributed by atoms with Gasteiger partial charge in [0.05, 0.1) is 5.56 Å². The number of carbonyl (C=O) groups is 1. The number of anilines is 3. The monoisotopic (exact) mass is 312 g/mol. The van der Waals surface area contributed by atoms with Crippen molar-refractivity contribution in [3.05, 3.63) is 42.2 Å². The molecule has 0 unspecified atom stereocenters. The molecule has 0 saturated heterocycles. The first-order valence-corrected chi connectivity index (χ1v) is 7.83. The normalized spacial score (nSPS) is 14.5. The van der Waals surface area contributed by atoms with E-state index in [0.29, 0.717) is 17.2 Å². The maximum absolute atomic E-state index is 12.1. The van der Waals surface area contributed by atoms with E-state index in [4.69, 9.17) is 4.74 Å². The Morgan fingerprint density at radius 1 is 1.09 bits per heavy atom. The van der Waals surface area contributed by atoms with Gasteiger partial charge in [0, 0.05) is 25.1 Å². The average molecular weight is 312 g/mol. The quantitative estimate of drug-likeness (QED) is 0.825. The zero-order valence-electron chi connectivity index (χ0n) is 13.1. The summed E-state index contributed by atoms with van der Waals surface area (Å²) in [6.07, 6.45) is 7.57. The Bertz CT molecular complexity index is 667. The number of rotatable bonds is 5. The van der Waals surface area contributed by atoms with Gasteiger partial charge >= 0.3 is 5.97 Å². The highest BCUT2D eigenvalue weighted by atomic mass is 16.5. The van der Waals surface area contributed by atoms with Gasteiger partial charge in [-0.3, -0.25) is 0 Å². The van der Waals surface area contributed by atoms with Crippen LogP contribution in [0.25, 0.3) is 0 Å². The molecule has 120 valence electrons. The SMILES string of the molecule is CNc1nccnc1Nc1ccc(C(=O)OC2CCCC2)cc1. The van der Waals surface area contributed by atoms with Gasteiger partial charge in [-0.05, 0) is 49.9 Å². The van der Waals surface area contributed by atoms with Crippen molar-refractivity contribution in [3.8, 4) is 0 Å². The Hall–Kier alpha value is -2.63. The van der Waals surface area contributed by atoms with Gasteiger partial charge in [0.2, 0.25) is 0 Å².